The zero-order valence-corrected chi connectivity index (χ0v) is 14.3. The molecule has 0 fully saturated rings. The minimum Gasteiger partial charge on any atom is -0.506 e. The number of furan rings is 1. The highest BCUT2D eigenvalue weighted by molar-refractivity contribution is 6.15. The van der Waals surface area contributed by atoms with Gasteiger partial charge in [0.25, 0.3) is 0 Å². The lowest BCUT2D eigenvalue weighted by atomic mass is 9.61. The van der Waals surface area contributed by atoms with Gasteiger partial charge in [-0.1, -0.05) is 12.5 Å². The van der Waals surface area contributed by atoms with Crippen LogP contribution in [0, 0.1) is 6.92 Å². The molecule has 0 bridgehead atoms. The molecule has 1 unspecified atom stereocenters. The van der Waals surface area contributed by atoms with E-state index in [1.165, 1.54) is 5.57 Å². The van der Waals surface area contributed by atoms with Crippen LogP contribution >= 0.6 is 0 Å². The molecule has 24 heavy (non-hydrogen) atoms. The summed E-state index contributed by atoms with van der Waals surface area (Å²) in [4.78, 5) is 12.8. The van der Waals surface area contributed by atoms with Crippen LogP contribution in [0.5, 0.6) is 11.5 Å². The molecule has 1 atom stereocenters. The van der Waals surface area contributed by atoms with Gasteiger partial charge in [0, 0.05) is 11.0 Å². The quantitative estimate of drug-likeness (QED) is 0.691. The van der Waals surface area contributed by atoms with Crippen molar-refractivity contribution in [1.82, 2.24) is 0 Å². The van der Waals surface area contributed by atoms with Crippen LogP contribution < -0.4 is 0 Å². The molecule has 0 saturated heterocycles. The zero-order valence-electron chi connectivity index (χ0n) is 14.3. The molecule has 4 rings (SSSR count). The van der Waals surface area contributed by atoms with E-state index in [0.717, 1.165) is 24.0 Å². The molecular formula is C20H20O4. The summed E-state index contributed by atoms with van der Waals surface area (Å²) in [5, 5.41) is 22.0. The third kappa shape index (κ3) is 1.66. The summed E-state index contributed by atoms with van der Waals surface area (Å²) in [6, 6.07) is 1.65. The monoisotopic (exact) mass is 324 g/mol. The molecule has 0 spiro atoms. The van der Waals surface area contributed by atoms with Crippen molar-refractivity contribution < 1.29 is 19.4 Å². The Balaban J connectivity index is 2.15. The second kappa shape index (κ2) is 4.53. The van der Waals surface area contributed by atoms with Crippen molar-refractivity contribution in [2.45, 2.75) is 46.0 Å². The highest BCUT2D eigenvalue weighted by Gasteiger charge is 2.45. The average molecular weight is 324 g/mol. The predicted octanol–water partition coefficient (Wildman–Crippen LogP) is 4.66. The van der Waals surface area contributed by atoms with Crippen LogP contribution in [-0.2, 0) is 5.41 Å². The van der Waals surface area contributed by atoms with Gasteiger partial charge in [0.05, 0.1) is 10.9 Å². The maximum atomic E-state index is 12.8. The molecule has 1 heterocycles. The van der Waals surface area contributed by atoms with Gasteiger partial charge < -0.3 is 14.6 Å². The van der Waals surface area contributed by atoms with Gasteiger partial charge in [0.15, 0.2) is 17.1 Å². The van der Waals surface area contributed by atoms with Crippen molar-refractivity contribution in [3.63, 3.8) is 0 Å². The maximum absolute atomic E-state index is 12.8. The van der Waals surface area contributed by atoms with E-state index in [1.54, 1.807) is 19.1 Å². The van der Waals surface area contributed by atoms with Gasteiger partial charge in [-0.3, -0.25) is 4.79 Å². The van der Waals surface area contributed by atoms with Crippen LogP contribution in [0.4, 0.5) is 0 Å². The highest BCUT2D eigenvalue weighted by Crippen LogP contribution is 2.55. The van der Waals surface area contributed by atoms with E-state index >= 15 is 0 Å². The average Bonchev–Trinajstić information content (AvgIpc) is 2.92. The van der Waals surface area contributed by atoms with Gasteiger partial charge in [-0.15, -0.1) is 0 Å². The number of fused-ring (bicyclic) bond motifs is 4. The fourth-order valence-corrected chi connectivity index (χ4v) is 4.26. The van der Waals surface area contributed by atoms with Gasteiger partial charge in [-0.25, -0.2) is 0 Å². The Hall–Kier alpha value is -2.49. The van der Waals surface area contributed by atoms with Gasteiger partial charge in [0.2, 0.25) is 0 Å². The first kappa shape index (κ1) is 15.1. The molecule has 2 aliphatic rings. The normalized spacial score (nSPS) is 23.3. The van der Waals surface area contributed by atoms with E-state index in [9.17, 15) is 15.0 Å². The molecule has 1 aromatic heterocycles. The third-order valence-electron chi connectivity index (χ3n) is 5.76. The van der Waals surface area contributed by atoms with E-state index in [-0.39, 0.29) is 28.4 Å². The lowest BCUT2D eigenvalue weighted by molar-refractivity contribution is 0.103. The standard InChI is InChI=1S/C20H20O4/c1-9-5-6-20(4)13(11(9)3)8-14(21)15-16(20)18(23)19-12(17(15)22)7-10(2)24-19/h7-8,22-23H,5-6H2,1-4H3. The van der Waals surface area contributed by atoms with E-state index in [2.05, 4.69) is 6.92 Å². The zero-order chi connectivity index (χ0) is 17.4. The lowest BCUT2D eigenvalue weighted by Crippen LogP contribution is -2.34. The molecule has 0 aliphatic heterocycles. The molecule has 4 nitrogen and oxygen atoms in total. The molecular weight excluding hydrogens is 304 g/mol. The summed E-state index contributed by atoms with van der Waals surface area (Å²) in [6.07, 6.45) is 3.29. The van der Waals surface area contributed by atoms with Crippen LogP contribution in [0.3, 0.4) is 0 Å². The second-order valence-corrected chi connectivity index (χ2v) is 7.21. The summed E-state index contributed by atoms with van der Waals surface area (Å²) in [6.45, 7) is 7.87. The van der Waals surface area contributed by atoms with Crippen LogP contribution in [0.2, 0.25) is 0 Å². The van der Waals surface area contributed by atoms with Gasteiger partial charge in [-0.05, 0) is 56.9 Å². The van der Waals surface area contributed by atoms with E-state index in [4.69, 9.17) is 4.42 Å². The van der Waals surface area contributed by atoms with Gasteiger partial charge in [-0.2, -0.15) is 0 Å². The largest absolute Gasteiger partial charge is 0.506 e. The second-order valence-electron chi connectivity index (χ2n) is 7.21. The molecule has 2 N–H and O–H groups in total. The molecule has 0 amide bonds. The topological polar surface area (TPSA) is 70.7 Å². The molecule has 0 radical (unpaired) electrons. The van der Waals surface area contributed by atoms with Crippen LogP contribution in [0.1, 0.15) is 55.3 Å². The first-order chi connectivity index (χ1) is 11.3. The van der Waals surface area contributed by atoms with E-state index < -0.39 is 5.41 Å². The van der Waals surface area contributed by atoms with Crippen molar-refractivity contribution >= 4 is 16.8 Å². The molecule has 2 aliphatic carbocycles. The van der Waals surface area contributed by atoms with Crippen molar-refractivity contribution in [3.05, 3.63) is 45.7 Å². The summed E-state index contributed by atoms with van der Waals surface area (Å²) >= 11 is 0. The summed E-state index contributed by atoms with van der Waals surface area (Å²) in [5.41, 5.74) is 3.73. The first-order valence-corrected chi connectivity index (χ1v) is 8.17. The molecule has 1 aromatic carbocycles. The van der Waals surface area contributed by atoms with Crippen LogP contribution in [0.15, 0.2) is 33.3 Å². The SMILES string of the molecule is CC1=C(C)C2=CC(=O)c3c(c(O)c4oc(C)cc4c3O)C2(C)CC1. The number of phenolic OH excluding ortho intramolecular Hbond substituents is 2. The number of hydrogen-bond acceptors (Lipinski definition) is 4. The Morgan fingerprint density at radius 3 is 2.58 bits per heavy atom. The first-order valence-electron chi connectivity index (χ1n) is 8.17. The van der Waals surface area contributed by atoms with E-state index in [1.807, 2.05) is 13.8 Å². The van der Waals surface area contributed by atoms with Gasteiger partial charge >= 0.3 is 0 Å². The van der Waals surface area contributed by atoms with Crippen molar-refractivity contribution in [2.75, 3.05) is 0 Å². The summed E-state index contributed by atoms with van der Waals surface area (Å²) in [7, 11) is 0. The number of hydrogen-bond donors (Lipinski definition) is 2. The van der Waals surface area contributed by atoms with E-state index in [0.29, 0.717) is 16.7 Å². The van der Waals surface area contributed by atoms with Gasteiger partial charge in [0.1, 0.15) is 11.5 Å². The number of benzene rings is 1. The Kier molecular flexibility index (Phi) is 2.84. The van der Waals surface area contributed by atoms with Crippen LogP contribution in [0.25, 0.3) is 11.0 Å². The Morgan fingerprint density at radius 2 is 1.88 bits per heavy atom. The molecule has 0 saturated carbocycles. The summed E-state index contributed by atoms with van der Waals surface area (Å²) < 4.78 is 5.60. The number of carbonyl (C=O) groups excluding carboxylic acids is 1. The van der Waals surface area contributed by atoms with Crippen molar-refractivity contribution in [2.24, 2.45) is 0 Å². The summed E-state index contributed by atoms with van der Waals surface area (Å²) in [5.74, 6) is 0.194. The molecule has 124 valence electrons. The Labute approximate surface area is 140 Å². The number of phenols is 2. The smallest absolute Gasteiger partial charge is 0.190 e. The Bertz CT molecular complexity index is 987. The van der Waals surface area contributed by atoms with Crippen molar-refractivity contribution in [1.29, 1.82) is 0 Å². The fraction of sp³-hybridized carbons (Fsp3) is 0.350. The lowest BCUT2D eigenvalue weighted by Gasteiger charge is -2.41. The van der Waals surface area contributed by atoms with Crippen molar-refractivity contribution in [3.8, 4) is 11.5 Å². The number of aromatic hydroxyl groups is 2. The third-order valence-corrected chi connectivity index (χ3v) is 5.76. The minimum atomic E-state index is -0.511. The maximum Gasteiger partial charge on any atom is 0.190 e. The predicted molar refractivity (Wildman–Crippen MR) is 91.7 cm³/mol. The number of rotatable bonds is 0. The number of ketones is 1. The molecule has 2 aromatic rings. The highest BCUT2D eigenvalue weighted by atomic mass is 16.4. The molecule has 4 heteroatoms. The number of carbonyl (C=O) groups is 1. The fourth-order valence-electron chi connectivity index (χ4n) is 4.26. The number of allylic oxidation sites excluding steroid dienone is 4. The number of aryl methyl sites for hydroxylation is 1. The van der Waals surface area contributed by atoms with Crippen LogP contribution in [-0.4, -0.2) is 16.0 Å². The minimum absolute atomic E-state index is 0.0281. The Morgan fingerprint density at radius 1 is 1.17 bits per heavy atom.